The average molecular weight is 359 g/mol. The number of amides is 1. The standard InChI is InChI=1S/C18H25N5OS/c1-12-10-13(2)23-17(19-12)20-18(21-23)25-11-16(24)22-9-5-7-14-6-3-4-8-15(14)22/h10,14-15H,3-9,11H2,1-2H3/t14-,15+/m0/s1. The Labute approximate surface area is 152 Å². The van der Waals surface area contributed by atoms with E-state index in [1.54, 1.807) is 4.52 Å². The topological polar surface area (TPSA) is 63.4 Å². The lowest BCUT2D eigenvalue weighted by Gasteiger charge is -2.44. The van der Waals surface area contributed by atoms with Gasteiger partial charge >= 0.3 is 0 Å². The highest BCUT2D eigenvalue weighted by atomic mass is 32.2. The Hall–Kier alpha value is -1.63. The number of piperidine rings is 1. The second-order valence-electron chi connectivity index (χ2n) is 7.28. The molecule has 1 saturated heterocycles. The molecule has 0 unspecified atom stereocenters. The van der Waals surface area contributed by atoms with E-state index in [-0.39, 0.29) is 5.91 Å². The minimum atomic E-state index is 0.237. The lowest BCUT2D eigenvalue weighted by atomic mass is 9.78. The first-order valence-corrected chi connectivity index (χ1v) is 10.2. The van der Waals surface area contributed by atoms with Crippen LogP contribution >= 0.6 is 11.8 Å². The Morgan fingerprint density at radius 3 is 2.88 bits per heavy atom. The molecule has 0 spiro atoms. The highest BCUT2D eigenvalue weighted by Crippen LogP contribution is 2.35. The minimum absolute atomic E-state index is 0.237. The fourth-order valence-electron chi connectivity index (χ4n) is 4.35. The third kappa shape index (κ3) is 3.38. The summed E-state index contributed by atoms with van der Waals surface area (Å²) in [5.41, 5.74) is 1.94. The molecule has 2 aromatic rings. The number of likely N-dealkylation sites (tertiary alicyclic amines) is 1. The van der Waals surface area contributed by atoms with Gasteiger partial charge in [0.05, 0.1) is 5.75 Å². The summed E-state index contributed by atoms with van der Waals surface area (Å²) < 4.78 is 1.75. The first kappa shape index (κ1) is 16.8. The summed E-state index contributed by atoms with van der Waals surface area (Å²) in [6.07, 6.45) is 7.49. The molecule has 134 valence electrons. The van der Waals surface area contributed by atoms with E-state index in [9.17, 15) is 4.79 Å². The van der Waals surface area contributed by atoms with Gasteiger partial charge in [0, 0.05) is 24.0 Å². The van der Waals surface area contributed by atoms with Gasteiger partial charge in [-0.2, -0.15) is 4.98 Å². The molecule has 25 heavy (non-hydrogen) atoms. The van der Waals surface area contributed by atoms with Gasteiger partial charge in [-0.1, -0.05) is 24.6 Å². The van der Waals surface area contributed by atoms with E-state index in [2.05, 4.69) is 20.0 Å². The maximum Gasteiger partial charge on any atom is 0.253 e. The van der Waals surface area contributed by atoms with Crippen molar-refractivity contribution in [2.24, 2.45) is 5.92 Å². The van der Waals surface area contributed by atoms with Gasteiger partial charge in [-0.3, -0.25) is 4.79 Å². The Morgan fingerprint density at radius 1 is 1.20 bits per heavy atom. The van der Waals surface area contributed by atoms with Gasteiger partial charge < -0.3 is 4.90 Å². The van der Waals surface area contributed by atoms with Crippen molar-refractivity contribution in [2.45, 2.75) is 63.6 Å². The number of hydrogen-bond donors (Lipinski definition) is 0. The van der Waals surface area contributed by atoms with Gasteiger partial charge in [0.25, 0.3) is 5.78 Å². The number of thioether (sulfide) groups is 1. The molecule has 1 aliphatic carbocycles. The molecular formula is C18H25N5OS. The van der Waals surface area contributed by atoms with Crippen LogP contribution in [0, 0.1) is 19.8 Å². The van der Waals surface area contributed by atoms with E-state index in [0.717, 1.165) is 30.3 Å². The monoisotopic (exact) mass is 359 g/mol. The van der Waals surface area contributed by atoms with Crippen molar-refractivity contribution in [3.63, 3.8) is 0 Å². The molecule has 0 N–H and O–H groups in total. The quantitative estimate of drug-likeness (QED) is 0.788. The number of carbonyl (C=O) groups excluding carboxylic acids is 1. The van der Waals surface area contributed by atoms with Crippen molar-refractivity contribution in [2.75, 3.05) is 12.3 Å². The zero-order chi connectivity index (χ0) is 17.4. The molecule has 1 aliphatic heterocycles. The molecule has 6 nitrogen and oxygen atoms in total. The summed E-state index contributed by atoms with van der Waals surface area (Å²) in [5, 5.41) is 5.12. The van der Waals surface area contributed by atoms with Crippen LogP contribution in [0.5, 0.6) is 0 Å². The summed E-state index contributed by atoms with van der Waals surface area (Å²) in [5.74, 6) is 1.98. The lowest BCUT2D eigenvalue weighted by molar-refractivity contribution is -0.134. The van der Waals surface area contributed by atoms with Crippen molar-refractivity contribution in [3.05, 3.63) is 17.5 Å². The maximum atomic E-state index is 12.8. The number of rotatable bonds is 3. The van der Waals surface area contributed by atoms with Crippen LogP contribution in [0.25, 0.3) is 5.78 Å². The molecule has 7 heteroatoms. The van der Waals surface area contributed by atoms with E-state index in [4.69, 9.17) is 0 Å². The summed E-state index contributed by atoms with van der Waals surface area (Å²) >= 11 is 1.43. The molecule has 4 rings (SSSR count). The van der Waals surface area contributed by atoms with Crippen molar-refractivity contribution in [1.29, 1.82) is 0 Å². The van der Waals surface area contributed by atoms with Crippen molar-refractivity contribution in [1.82, 2.24) is 24.5 Å². The smallest absolute Gasteiger partial charge is 0.253 e. The lowest BCUT2D eigenvalue weighted by Crippen LogP contribution is -2.50. The number of aromatic nitrogens is 4. The van der Waals surface area contributed by atoms with E-state index < -0.39 is 0 Å². The number of fused-ring (bicyclic) bond motifs is 2. The molecule has 2 atom stereocenters. The molecule has 2 aromatic heterocycles. The Bertz CT molecular complexity index is 787. The van der Waals surface area contributed by atoms with Gasteiger partial charge in [-0.05, 0) is 51.5 Å². The van der Waals surface area contributed by atoms with Crippen LogP contribution in [-0.2, 0) is 4.79 Å². The van der Waals surface area contributed by atoms with Crippen LogP contribution in [0.4, 0.5) is 0 Å². The van der Waals surface area contributed by atoms with Gasteiger partial charge in [-0.25, -0.2) is 9.50 Å². The molecule has 0 aromatic carbocycles. The SMILES string of the molecule is Cc1cc(C)n2nc(SCC(=O)N3CCC[C@@H]4CCCC[C@H]43)nc2n1. The Morgan fingerprint density at radius 2 is 2.00 bits per heavy atom. The molecule has 0 bridgehead atoms. The predicted molar refractivity (Wildman–Crippen MR) is 97.7 cm³/mol. The molecule has 2 aliphatic rings. The zero-order valence-electron chi connectivity index (χ0n) is 14.9. The highest BCUT2D eigenvalue weighted by molar-refractivity contribution is 7.99. The largest absolute Gasteiger partial charge is 0.339 e. The maximum absolute atomic E-state index is 12.8. The van der Waals surface area contributed by atoms with Gasteiger partial charge in [0.15, 0.2) is 0 Å². The first-order chi connectivity index (χ1) is 12.1. The molecular weight excluding hydrogens is 334 g/mol. The van der Waals surface area contributed by atoms with E-state index in [1.807, 2.05) is 19.9 Å². The second-order valence-corrected chi connectivity index (χ2v) is 8.22. The fourth-order valence-corrected chi connectivity index (χ4v) is 5.06. The Balaban J connectivity index is 1.44. The van der Waals surface area contributed by atoms with Gasteiger partial charge in [0.1, 0.15) is 0 Å². The molecule has 1 amide bonds. The van der Waals surface area contributed by atoms with Crippen LogP contribution in [-0.4, -0.2) is 48.7 Å². The summed E-state index contributed by atoms with van der Waals surface area (Å²) in [6.45, 7) is 4.86. The highest BCUT2D eigenvalue weighted by Gasteiger charge is 2.35. The van der Waals surface area contributed by atoms with Crippen LogP contribution in [0.1, 0.15) is 49.9 Å². The minimum Gasteiger partial charge on any atom is -0.339 e. The van der Waals surface area contributed by atoms with Crippen molar-refractivity contribution in [3.8, 4) is 0 Å². The number of carbonyl (C=O) groups is 1. The van der Waals surface area contributed by atoms with E-state index >= 15 is 0 Å². The second kappa shape index (κ2) is 6.94. The van der Waals surface area contributed by atoms with Crippen molar-refractivity contribution < 1.29 is 4.79 Å². The third-order valence-electron chi connectivity index (χ3n) is 5.49. The van der Waals surface area contributed by atoms with Crippen LogP contribution in [0.2, 0.25) is 0 Å². The van der Waals surface area contributed by atoms with Crippen LogP contribution in [0.15, 0.2) is 11.2 Å². The van der Waals surface area contributed by atoms with Crippen LogP contribution in [0.3, 0.4) is 0 Å². The van der Waals surface area contributed by atoms with E-state index in [1.165, 1.54) is 43.9 Å². The van der Waals surface area contributed by atoms with Gasteiger partial charge in [-0.15, -0.1) is 5.10 Å². The summed E-state index contributed by atoms with van der Waals surface area (Å²) in [7, 11) is 0. The fraction of sp³-hybridized carbons (Fsp3) is 0.667. The van der Waals surface area contributed by atoms with Crippen LogP contribution < -0.4 is 0 Å². The molecule has 1 saturated carbocycles. The number of nitrogens with zero attached hydrogens (tertiary/aromatic N) is 5. The van der Waals surface area contributed by atoms with Gasteiger partial charge in [0.2, 0.25) is 11.1 Å². The average Bonchev–Trinajstić information content (AvgIpc) is 3.02. The summed E-state index contributed by atoms with van der Waals surface area (Å²) in [6, 6.07) is 2.45. The predicted octanol–water partition coefficient (Wildman–Crippen LogP) is 3.01. The van der Waals surface area contributed by atoms with E-state index in [0.29, 0.717) is 22.7 Å². The number of aryl methyl sites for hydroxylation is 2. The summed E-state index contributed by atoms with van der Waals surface area (Å²) in [4.78, 5) is 23.8. The zero-order valence-corrected chi connectivity index (χ0v) is 15.8. The first-order valence-electron chi connectivity index (χ1n) is 9.25. The number of hydrogen-bond acceptors (Lipinski definition) is 5. The third-order valence-corrected chi connectivity index (χ3v) is 6.31. The Kier molecular flexibility index (Phi) is 4.67. The molecule has 3 heterocycles. The normalized spacial score (nSPS) is 23.7. The van der Waals surface area contributed by atoms with Crippen molar-refractivity contribution >= 4 is 23.4 Å². The molecule has 0 radical (unpaired) electrons. The molecule has 2 fully saturated rings.